The van der Waals surface area contributed by atoms with Crippen LogP contribution in [0, 0.1) is 12.7 Å². The van der Waals surface area contributed by atoms with Crippen LogP contribution in [0.1, 0.15) is 24.4 Å². The number of nitrogens with zero attached hydrogens (tertiary/aromatic N) is 2. The van der Waals surface area contributed by atoms with Crippen LogP contribution in [0.2, 0.25) is 0 Å². The number of hydrogen-bond donors (Lipinski definition) is 1. The van der Waals surface area contributed by atoms with Crippen molar-refractivity contribution >= 4 is 23.3 Å². The highest BCUT2D eigenvalue weighted by Gasteiger charge is 2.15. The maximum atomic E-state index is 13.6. The Bertz CT molecular complexity index is 528. The lowest BCUT2D eigenvalue weighted by molar-refractivity contribution is 0.191. The molecule has 0 bridgehead atoms. The first-order valence-corrected chi connectivity index (χ1v) is 6.61. The molecule has 0 unspecified atom stereocenters. The minimum atomic E-state index is -0.840. The van der Waals surface area contributed by atoms with Gasteiger partial charge in [0.1, 0.15) is 11.6 Å². The van der Waals surface area contributed by atoms with E-state index in [2.05, 4.69) is 9.36 Å². The second kappa shape index (κ2) is 5.12. The maximum absolute atomic E-state index is 13.6. The summed E-state index contributed by atoms with van der Waals surface area (Å²) in [6.45, 7) is 3.36. The van der Waals surface area contributed by atoms with Gasteiger partial charge in [0.25, 0.3) is 0 Å². The topological polar surface area (TPSA) is 46.0 Å². The van der Waals surface area contributed by atoms with Gasteiger partial charge in [-0.15, -0.1) is 0 Å². The number of benzene rings is 1. The molecule has 0 amide bonds. The molecule has 0 aliphatic carbocycles. The number of rotatable bonds is 3. The zero-order valence-electron chi connectivity index (χ0n) is 9.35. The van der Waals surface area contributed by atoms with Gasteiger partial charge in [-0.3, -0.25) is 0 Å². The van der Waals surface area contributed by atoms with E-state index in [-0.39, 0.29) is 0 Å². The Morgan fingerprint density at radius 3 is 2.82 bits per heavy atom. The fraction of sp³-hybridized carbons (Fsp3) is 0.273. The van der Waals surface area contributed by atoms with Gasteiger partial charge in [-0.2, -0.15) is 4.37 Å². The highest BCUT2D eigenvalue weighted by molar-refractivity contribution is 8.01. The highest BCUT2D eigenvalue weighted by atomic mass is 32.2. The molecule has 1 atom stereocenters. The predicted octanol–water partition coefficient (Wildman–Crippen LogP) is 3.19. The summed E-state index contributed by atoms with van der Waals surface area (Å²) in [4.78, 5) is 4.88. The van der Waals surface area contributed by atoms with E-state index in [1.54, 1.807) is 19.1 Å². The maximum Gasteiger partial charge on any atom is 0.174 e. The second-order valence-electron chi connectivity index (χ2n) is 3.54. The van der Waals surface area contributed by atoms with Crippen molar-refractivity contribution in [3.63, 3.8) is 0 Å². The van der Waals surface area contributed by atoms with Crippen LogP contribution in [0.15, 0.2) is 27.4 Å². The molecule has 0 saturated carbocycles. The summed E-state index contributed by atoms with van der Waals surface area (Å²) in [5.41, 5.74) is 0.311. The van der Waals surface area contributed by atoms with Crippen molar-refractivity contribution in [3.05, 3.63) is 35.4 Å². The number of aliphatic hydroxyl groups is 1. The van der Waals surface area contributed by atoms with Crippen molar-refractivity contribution in [1.82, 2.24) is 9.36 Å². The third kappa shape index (κ3) is 2.83. The van der Waals surface area contributed by atoms with Crippen molar-refractivity contribution in [1.29, 1.82) is 0 Å². The molecular weight excluding hydrogens is 259 g/mol. The average Bonchev–Trinajstić information content (AvgIpc) is 2.63. The molecule has 0 aliphatic rings. The Labute approximate surface area is 107 Å². The van der Waals surface area contributed by atoms with Crippen molar-refractivity contribution in [2.24, 2.45) is 0 Å². The number of aromatic nitrogens is 2. The first kappa shape index (κ1) is 12.5. The molecule has 0 fully saturated rings. The molecule has 1 N–H and O–H groups in total. The summed E-state index contributed by atoms with van der Waals surface area (Å²) in [6, 6.07) is 4.74. The van der Waals surface area contributed by atoms with Gasteiger partial charge in [0, 0.05) is 10.5 Å². The van der Waals surface area contributed by atoms with Crippen LogP contribution in [0.3, 0.4) is 0 Å². The Morgan fingerprint density at radius 2 is 2.24 bits per heavy atom. The Kier molecular flexibility index (Phi) is 3.76. The molecule has 2 rings (SSSR count). The van der Waals surface area contributed by atoms with Crippen LogP contribution in [-0.2, 0) is 0 Å². The number of halogens is 1. The van der Waals surface area contributed by atoms with Gasteiger partial charge in [0.2, 0.25) is 0 Å². The molecule has 1 heterocycles. The van der Waals surface area contributed by atoms with Crippen molar-refractivity contribution in [2.75, 3.05) is 0 Å². The summed E-state index contributed by atoms with van der Waals surface area (Å²) in [6.07, 6.45) is -0.840. The normalized spacial score (nSPS) is 12.7. The highest BCUT2D eigenvalue weighted by Crippen LogP contribution is 2.35. The van der Waals surface area contributed by atoms with Gasteiger partial charge in [0.05, 0.1) is 6.10 Å². The molecule has 1 aromatic carbocycles. The minimum Gasteiger partial charge on any atom is -0.389 e. The fourth-order valence-electron chi connectivity index (χ4n) is 1.43. The number of aryl methyl sites for hydroxylation is 1. The van der Waals surface area contributed by atoms with Crippen LogP contribution in [0.4, 0.5) is 4.39 Å². The molecule has 0 radical (unpaired) electrons. The first-order chi connectivity index (χ1) is 8.08. The van der Waals surface area contributed by atoms with Crippen LogP contribution in [0.25, 0.3) is 0 Å². The molecular formula is C11H11FN2OS2. The van der Waals surface area contributed by atoms with E-state index in [4.69, 9.17) is 0 Å². The number of aliphatic hydroxyl groups excluding tert-OH is 1. The molecule has 3 nitrogen and oxygen atoms in total. The Morgan fingerprint density at radius 1 is 1.47 bits per heavy atom. The summed E-state index contributed by atoms with van der Waals surface area (Å²) in [5, 5.41) is 9.58. The first-order valence-electron chi connectivity index (χ1n) is 5.02. The van der Waals surface area contributed by atoms with E-state index in [0.717, 1.165) is 4.34 Å². The summed E-state index contributed by atoms with van der Waals surface area (Å²) in [7, 11) is 0. The molecule has 1 aromatic heterocycles. The van der Waals surface area contributed by atoms with Gasteiger partial charge in [-0.25, -0.2) is 9.37 Å². The molecule has 0 aliphatic heterocycles. The second-order valence-corrected chi connectivity index (χ2v) is 5.58. The van der Waals surface area contributed by atoms with E-state index >= 15 is 0 Å². The summed E-state index contributed by atoms with van der Waals surface area (Å²) < 4.78 is 18.4. The third-order valence-electron chi connectivity index (χ3n) is 2.14. The largest absolute Gasteiger partial charge is 0.389 e. The fourth-order valence-corrected chi connectivity index (χ4v) is 3.27. The molecule has 90 valence electrons. The number of hydrogen-bond acceptors (Lipinski definition) is 5. The van der Waals surface area contributed by atoms with Crippen LogP contribution in [0.5, 0.6) is 0 Å². The Balaban J connectivity index is 2.35. The molecule has 0 saturated heterocycles. The van der Waals surface area contributed by atoms with Gasteiger partial charge < -0.3 is 5.11 Å². The van der Waals surface area contributed by atoms with Crippen LogP contribution in [-0.4, -0.2) is 14.5 Å². The zero-order chi connectivity index (χ0) is 12.4. The lowest BCUT2D eigenvalue weighted by Crippen LogP contribution is -1.98. The van der Waals surface area contributed by atoms with Gasteiger partial charge in [-0.1, -0.05) is 17.8 Å². The van der Waals surface area contributed by atoms with E-state index < -0.39 is 11.9 Å². The summed E-state index contributed by atoms with van der Waals surface area (Å²) in [5.74, 6) is 0.304. The quantitative estimate of drug-likeness (QED) is 0.930. The third-order valence-corrected chi connectivity index (χ3v) is 4.06. The standard InChI is InChI=1S/C11H11FN2OS2/c1-6(15)10-8(12)4-3-5-9(10)16-11-13-7(2)14-17-11/h3-6,15H,1-2H3/t6-/m1/s1. The van der Waals surface area contributed by atoms with Crippen LogP contribution >= 0.6 is 23.3 Å². The van der Waals surface area contributed by atoms with Gasteiger partial charge in [-0.05, 0) is 37.5 Å². The SMILES string of the molecule is Cc1nsc(Sc2cccc(F)c2[C@@H](C)O)n1. The van der Waals surface area contributed by atoms with Crippen molar-refractivity contribution in [2.45, 2.75) is 29.2 Å². The van der Waals surface area contributed by atoms with E-state index in [1.165, 1.54) is 29.4 Å². The van der Waals surface area contributed by atoms with E-state index in [0.29, 0.717) is 16.3 Å². The van der Waals surface area contributed by atoms with Crippen LogP contribution < -0.4 is 0 Å². The lowest BCUT2D eigenvalue weighted by Gasteiger charge is -2.10. The smallest absolute Gasteiger partial charge is 0.174 e. The van der Waals surface area contributed by atoms with Crippen molar-refractivity contribution in [3.8, 4) is 0 Å². The minimum absolute atomic E-state index is 0.311. The zero-order valence-corrected chi connectivity index (χ0v) is 11.0. The molecule has 6 heteroatoms. The van der Waals surface area contributed by atoms with E-state index in [1.807, 2.05) is 6.92 Å². The van der Waals surface area contributed by atoms with Crippen molar-refractivity contribution < 1.29 is 9.50 Å². The van der Waals surface area contributed by atoms with E-state index in [9.17, 15) is 9.50 Å². The predicted molar refractivity (Wildman–Crippen MR) is 65.8 cm³/mol. The van der Waals surface area contributed by atoms with Gasteiger partial charge in [0.15, 0.2) is 4.34 Å². The van der Waals surface area contributed by atoms with Gasteiger partial charge >= 0.3 is 0 Å². The molecule has 0 spiro atoms. The monoisotopic (exact) mass is 270 g/mol. The molecule has 2 aromatic rings. The lowest BCUT2D eigenvalue weighted by atomic mass is 10.1. The Hall–Kier alpha value is -0.980. The summed E-state index contributed by atoms with van der Waals surface area (Å²) >= 11 is 2.59. The molecule has 17 heavy (non-hydrogen) atoms. The average molecular weight is 270 g/mol.